The fourth-order valence-corrected chi connectivity index (χ4v) is 3.21. The molecule has 1 N–H and O–H groups in total. The van der Waals surface area contributed by atoms with Gasteiger partial charge in [-0.15, -0.1) is 0 Å². The van der Waals surface area contributed by atoms with Crippen LogP contribution < -0.4 is 5.32 Å². The molecule has 0 aliphatic heterocycles. The zero-order valence-electron chi connectivity index (χ0n) is 14.6. The number of likely N-dealkylation sites (N-methyl/N-ethyl adjacent to an activating group) is 1. The number of hydrogen-bond donors (Lipinski definition) is 1. The second-order valence-electron chi connectivity index (χ2n) is 5.91. The molecule has 1 rings (SSSR count). The van der Waals surface area contributed by atoms with E-state index < -0.39 is 0 Å². The molecule has 0 saturated carbocycles. The van der Waals surface area contributed by atoms with Crippen LogP contribution in [0.4, 0.5) is 0 Å². The van der Waals surface area contributed by atoms with Gasteiger partial charge in [0.05, 0.1) is 0 Å². The molecule has 0 saturated heterocycles. The van der Waals surface area contributed by atoms with Gasteiger partial charge >= 0.3 is 0 Å². The van der Waals surface area contributed by atoms with E-state index in [0.29, 0.717) is 18.1 Å². The molecule has 2 heteroatoms. The smallest absolute Gasteiger partial charge is 0.0478 e. The molecule has 3 atom stereocenters. The van der Waals surface area contributed by atoms with Crippen molar-refractivity contribution in [2.45, 2.75) is 72.0 Å². The van der Waals surface area contributed by atoms with E-state index in [1.807, 2.05) is 0 Å². The average Bonchev–Trinajstić information content (AvgIpc) is 2.54. The van der Waals surface area contributed by atoms with Gasteiger partial charge in [-0.2, -0.15) is 0 Å². The Balaban J connectivity index is 3.02. The largest absolute Gasteiger partial charge is 0.309 e. The summed E-state index contributed by atoms with van der Waals surface area (Å²) in [7, 11) is 0. The lowest BCUT2D eigenvalue weighted by molar-refractivity contribution is 0.112. The summed E-state index contributed by atoms with van der Waals surface area (Å²) < 4.78 is 0. The third kappa shape index (κ3) is 5.12. The van der Waals surface area contributed by atoms with E-state index in [1.54, 1.807) is 0 Å². The van der Waals surface area contributed by atoms with E-state index in [9.17, 15) is 0 Å². The minimum Gasteiger partial charge on any atom is -0.309 e. The van der Waals surface area contributed by atoms with Crippen molar-refractivity contribution in [3.8, 4) is 0 Å². The van der Waals surface area contributed by atoms with Gasteiger partial charge in [0, 0.05) is 18.1 Å². The molecule has 0 bridgehead atoms. The number of nitrogens with one attached hydrogen (secondary N) is 1. The Hall–Kier alpha value is -0.860. The van der Waals surface area contributed by atoms with Gasteiger partial charge in [0.15, 0.2) is 0 Å². The highest BCUT2D eigenvalue weighted by atomic mass is 15.2. The Morgan fingerprint density at radius 2 is 1.67 bits per heavy atom. The molecular formula is C19H34N2. The number of nitrogens with zero attached hydrogens (tertiary/aromatic N) is 1. The maximum Gasteiger partial charge on any atom is 0.0478 e. The lowest BCUT2D eigenvalue weighted by Crippen LogP contribution is -2.48. The number of benzene rings is 1. The normalized spacial score (nSPS) is 15.9. The van der Waals surface area contributed by atoms with Crippen LogP contribution in [0.5, 0.6) is 0 Å². The second kappa shape index (κ2) is 9.97. The van der Waals surface area contributed by atoms with E-state index in [2.05, 4.69) is 75.2 Å². The Kier molecular flexibility index (Phi) is 8.63. The molecule has 0 aliphatic rings. The zero-order chi connectivity index (χ0) is 15.7. The van der Waals surface area contributed by atoms with Crippen LogP contribution in [0.3, 0.4) is 0 Å². The van der Waals surface area contributed by atoms with Crippen molar-refractivity contribution in [1.82, 2.24) is 10.2 Å². The summed E-state index contributed by atoms with van der Waals surface area (Å²) in [6, 6.07) is 12.6. The molecular weight excluding hydrogens is 256 g/mol. The molecule has 0 heterocycles. The third-order valence-corrected chi connectivity index (χ3v) is 4.52. The van der Waals surface area contributed by atoms with E-state index in [1.165, 1.54) is 24.8 Å². The Labute approximate surface area is 131 Å². The Bertz CT molecular complexity index is 363. The summed E-state index contributed by atoms with van der Waals surface area (Å²) in [6.45, 7) is 13.7. The van der Waals surface area contributed by atoms with E-state index in [0.717, 1.165) is 13.1 Å². The summed E-state index contributed by atoms with van der Waals surface area (Å²) >= 11 is 0. The number of rotatable bonds is 10. The quantitative estimate of drug-likeness (QED) is 0.676. The van der Waals surface area contributed by atoms with Crippen LogP contribution in [0.15, 0.2) is 30.3 Å². The predicted octanol–water partition coefficient (Wildman–Crippen LogP) is 4.63. The number of hydrogen-bond acceptors (Lipinski definition) is 2. The first-order valence-electron chi connectivity index (χ1n) is 8.73. The average molecular weight is 290 g/mol. The molecule has 2 nitrogen and oxygen atoms in total. The molecule has 120 valence electrons. The first-order valence-corrected chi connectivity index (χ1v) is 8.73. The van der Waals surface area contributed by atoms with Crippen LogP contribution in [0, 0.1) is 0 Å². The first kappa shape index (κ1) is 18.2. The second-order valence-corrected chi connectivity index (χ2v) is 5.91. The Morgan fingerprint density at radius 3 is 2.14 bits per heavy atom. The highest BCUT2D eigenvalue weighted by Gasteiger charge is 2.28. The van der Waals surface area contributed by atoms with Crippen LogP contribution in [-0.2, 0) is 0 Å². The maximum absolute atomic E-state index is 3.79. The van der Waals surface area contributed by atoms with Gasteiger partial charge in [0.1, 0.15) is 0 Å². The predicted molar refractivity (Wildman–Crippen MR) is 93.7 cm³/mol. The first-order chi connectivity index (χ1) is 10.2. The fraction of sp³-hybridized carbons (Fsp3) is 0.684. The summed E-state index contributed by atoms with van der Waals surface area (Å²) in [4.78, 5) is 2.67. The van der Waals surface area contributed by atoms with Gasteiger partial charge in [-0.25, -0.2) is 0 Å². The van der Waals surface area contributed by atoms with Gasteiger partial charge < -0.3 is 5.32 Å². The molecule has 0 fully saturated rings. The summed E-state index contributed by atoms with van der Waals surface area (Å²) in [5.74, 6) is 0. The van der Waals surface area contributed by atoms with Gasteiger partial charge in [-0.3, -0.25) is 4.90 Å². The Morgan fingerprint density at radius 1 is 1.00 bits per heavy atom. The monoisotopic (exact) mass is 290 g/mol. The van der Waals surface area contributed by atoms with Crippen molar-refractivity contribution in [2.75, 3.05) is 13.1 Å². The van der Waals surface area contributed by atoms with E-state index in [-0.39, 0.29) is 0 Å². The zero-order valence-corrected chi connectivity index (χ0v) is 14.6. The fourth-order valence-electron chi connectivity index (χ4n) is 3.21. The van der Waals surface area contributed by atoms with E-state index in [4.69, 9.17) is 0 Å². The molecule has 1 aromatic rings. The minimum absolute atomic E-state index is 0.421. The van der Waals surface area contributed by atoms with Crippen LogP contribution in [0.2, 0.25) is 0 Å². The van der Waals surface area contributed by atoms with Crippen LogP contribution in [0.25, 0.3) is 0 Å². The molecule has 1 aromatic carbocycles. The van der Waals surface area contributed by atoms with Crippen molar-refractivity contribution in [3.05, 3.63) is 35.9 Å². The lowest BCUT2D eigenvalue weighted by atomic mass is 9.94. The SMILES string of the molecule is CCCNC(c1ccccc1)C(CC)N(CC)C(C)CC. The summed E-state index contributed by atoms with van der Waals surface area (Å²) in [5, 5.41) is 3.79. The third-order valence-electron chi connectivity index (χ3n) is 4.52. The summed E-state index contributed by atoms with van der Waals surface area (Å²) in [6.07, 6.45) is 3.56. The molecule has 0 aliphatic carbocycles. The molecule has 0 spiro atoms. The minimum atomic E-state index is 0.421. The van der Waals surface area contributed by atoms with Gasteiger partial charge in [0.25, 0.3) is 0 Å². The van der Waals surface area contributed by atoms with Crippen molar-refractivity contribution >= 4 is 0 Å². The van der Waals surface area contributed by atoms with Crippen molar-refractivity contribution in [3.63, 3.8) is 0 Å². The summed E-state index contributed by atoms with van der Waals surface area (Å²) in [5.41, 5.74) is 1.42. The van der Waals surface area contributed by atoms with Crippen molar-refractivity contribution in [1.29, 1.82) is 0 Å². The lowest BCUT2D eigenvalue weighted by Gasteiger charge is -2.40. The molecule has 21 heavy (non-hydrogen) atoms. The van der Waals surface area contributed by atoms with Gasteiger partial charge in [0.2, 0.25) is 0 Å². The van der Waals surface area contributed by atoms with Crippen molar-refractivity contribution in [2.24, 2.45) is 0 Å². The van der Waals surface area contributed by atoms with E-state index >= 15 is 0 Å². The van der Waals surface area contributed by atoms with Crippen LogP contribution in [-0.4, -0.2) is 30.1 Å². The topological polar surface area (TPSA) is 15.3 Å². The molecule has 0 aromatic heterocycles. The van der Waals surface area contributed by atoms with Crippen LogP contribution >= 0.6 is 0 Å². The van der Waals surface area contributed by atoms with Gasteiger partial charge in [-0.1, -0.05) is 58.0 Å². The highest BCUT2D eigenvalue weighted by molar-refractivity contribution is 5.21. The van der Waals surface area contributed by atoms with Gasteiger partial charge in [-0.05, 0) is 44.8 Å². The standard InChI is InChI=1S/C19H34N2/c1-6-15-20-19(17-13-11-10-12-14-17)18(8-3)21(9-4)16(5)7-2/h10-14,16,18-20H,6-9,15H2,1-5H3. The van der Waals surface area contributed by atoms with Crippen molar-refractivity contribution < 1.29 is 0 Å². The highest BCUT2D eigenvalue weighted by Crippen LogP contribution is 2.25. The molecule has 3 unspecified atom stereocenters. The molecule has 0 amide bonds. The maximum atomic E-state index is 3.79. The molecule has 0 radical (unpaired) electrons. The van der Waals surface area contributed by atoms with Crippen LogP contribution in [0.1, 0.15) is 65.5 Å².